The van der Waals surface area contributed by atoms with Crippen LogP contribution in [0.5, 0.6) is 0 Å². The highest BCUT2D eigenvalue weighted by Gasteiger charge is 2.50. The highest BCUT2D eigenvalue weighted by molar-refractivity contribution is 9.09. The predicted octanol–water partition coefficient (Wildman–Crippen LogP) is 4.60. The van der Waals surface area contributed by atoms with Crippen molar-refractivity contribution in [2.24, 2.45) is 11.3 Å². The molecule has 2 fully saturated rings. The van der Waals surface area contributed by atoms with Gasteiger partial charge >= 0.3 is 0 Å². The van der Waals surface area contributed by atoms with Crippen molar-refractivity contribution in [2.45, 2.75) is 31.8 Å². The fourth-order valence-corrected chi connectivity index (χ4v) is 4.12. The van der Waals surface area contributed by atoms with Crippen molar-refractivity contribution in [3.05, 3.63) is 34.6 Å². The van der Waals surface area contributed by atoms with E-state index < -0.39 is 0 Å². The molecule has 3 rings (SSSR count). The summed E-state index contributed by atoms with van der Waals surface area (Å²) in [6.07, 6.45) is 4.51. The zero-order valence-corrected chi connectivity index (χ0v) is 13.0. The molecular formula is C15H17BrClFO. The van der Waals surface area contributed by atoms with Crippen molar-refractivity contribution < 1.29 is 9.13 Å². The Morgan fingerprint density at radius 2 is 2.21 bits per heavy atom. The van der Waals surface area contributed by atoms with Crippen molar-refractivity contribution in [3.8, 4) is 0 Å². The normalized spacial score (nSPS) is 30.8. The van der Waals surface area contributed by atoms with Gasteiger partial charge in [0.05, 0.1) is 6.10 Å². The number of halogens is 3. The van der Waals surface area contributed by atoms with Gasteiger partial charge in [-0.25, -0.2) is 4.39 Å². The molecule has 2 atom stereocenters. The largest absolute Gasteiger partial charge is 0.377 e. The monoisotopic (exact) mass is 346 g/mol. The molecule has 0 bridgehead atoms. The maximum atomic E-state index is 14.0. The molecule has 1 aromatic rings. The van der Waals surface area contributed by atoms with Crippen LogP contribution < -0.4 is 0 Å². The molecule has 0 amide bonds. The minimum Gasteiger partial charge on any atom is -0.377 e. The summed E-state index contributed by atoms with van der Waals surface area (Å²) < 4.78 is 20.0. The molecule has 1 aliphatic carbocycles. The molecule has 1 nitrogen and oxygen atoms in total. The summed E-state index contributed by atoms with van der Waals surface area (Å²) >= 11 is 9.46. The van der Waals surface area contributed by atoms with Crippen molar-refractivity contribution in [2.75, 3.05) is 11.9 Å². The number of benzene rings is 1. The average Bonchev–Trinajstić information content (AvgIpc) is 3.15. The van der Waals surface area contributed by atoms with Crippen LogP contribution in [0.3, 0.4) is 0 Å². The molecule has 2 unspecified atom stereocenters. The first-order valence-electron chi connectivity index (χ1n) is 6.76. The van der Waals surface area contributed by atoms with E-state index in [0.29, 0.717) is 10.9 Å². The topological polar surface area (TPSA) is 9.23 Å². The highest BCUT2D eigenvalue weighted by Crippen LogP contribution is 2.50. The number of hydrogen-bond acceptors (Lipinski definition) is 1. The third kappa shape index (κ3) is 2.70. The fourth-order valence-electron chi connectivity index (χ4n) is 3.17. The predicted molar refractivity (Wildman–Crippen MR) is 78.4 cm³/mol. The minimum absolute atomic E-state index is 0.0375. The first-order valence-corrected chi connectivity index (χ1v) is 8.26. The van der Waals surface area contributed by atoms with Gasteiger partial charge in [0.15, 0.2) is 0 Å². The molecule has 1 aliphatic heterocycles. The van der Waals surface area contributed by atoms with Crippen LogP contribution in [-0.4, -0.2) is 18.0 Å². The lowest BCUT2D eigenvalue weighted by Crippen LogP contribution is -2.36. The van der Waals surface area contributed by atoms with Gasteiger partial charge in [0.25, 0.3) is 0 Å². The van der Waals surface area contributed by atoms with Gasteiger partial charge in [0.2, 0.25) is 0 Å². The summed E-state index contributed by atoms with van der Waals surface area (Å²) in [4.78, 5) is 0. The summed E-state index contributed by atoms with van der Waals surface area (Å²) in [5.74, 6) is 0.477. The van der Waals surface area contributed by atoms with Gasteiger partial charge in [-0.05, 0) is 49.3 Å². The summed E-state index contributed by atoms with van der Waals surface area (Å²) in [6.45, 7) is 0.794. The SMILES string of the molecule is Fc1cc(Cl)ccc1CC1(CBr)CCOC1C1CC1. The van der Waals surface area contributed by atoms with Gasteiger partial charge in [-0.2, -0.15) is 0 Å². The van der Waals surface area contributed by atoms with E-state index in [4.69, 9.17) is 16.3 Å². The van der Waals surface area contributed by atoms with E-state index in [1.54, 1.807) is 6.07 Å². The second-order valence-corrected chi connectivity index (χ2v) is 6.78. The maximum absolute atomic E-state index is 14.0. The first kappa shape index (κ1) is 13.8. The third-order valence-electron chi connectivity index (χ3n) is 4.37. The van der Waals surface area contributed by atoms with Crippen molar-refractivity contribution in [1.82, 2.24) is 0 Å². The van der Waals surface area contributed by atoms with E-state index in [2.05, 4.69) is 15.9 Å². The van der Waals surface area contributed by atoms with Crippen LogP contribution in [-0.2, 0) is 11.2 Å². The van der Waals surface area contributed by atoms with Crippen molar-refractivity contribution in [3.63, 3.8) is 0 Å². The zero-order chi connectivity index (χ0) is 13.5. The molecular weight excluding hydrogens is 331 g/mol. The van der Waals surface area contributed by atoms with Crippen LogP contribution in [0.25, 0.3) is 0 Å². The quantitative estimate of drug-likeness (QED) is 0.723. The Hall–Kier alpha value is -0.120. The molecule has 19 heavy (non-hydrogen) atoms. The van der Waals surface area contributed by atoms with Gasteiger partial charge < -0.3 is 4.74 Å². The minimum atomic E-state index is -0.200. The van der Waals surface area contributed by atoms with Gasteiger partial charge in [0.1, 0.15) is 5.82 Å². The van der Waals surface area contributed by atoms with Crippen LogP contribution in [0.1, 0.15) is 24.8 Å². The Morgan fingerprint density at radius 1 is 1.42 bits per heavy atom. The molecule has 1 heterocycles. The highest BCUT2D eigenvalue weighted by atomic mass is 79.9. The molecule has 2 aliphatic rings. The molecule has 1 saturated carbocycles. The van der Waals surface area contributed by atoms with Crippen molar-refractivity contribution >= 4 is 27.5 Å². The van der Waals surface area contributed by atoms with E-state index in [1.165, 1.54) is 18.9 Å². The molecule has 1 aromatic carbocycles. The zero-order valence-electron chi connectivity index (χ0n) is 10.7. The maximum Gasteiger partial charge on any atom is 0.127 e. The molecule has 1 saturated heterocycles. The number of rotatable bonds is 4. The van der Waals surface area contributed by atoms with Gasteiger partial charge in [-0.15, -0.1) is 0 Å². The molecule has 0 N–H and O–H groups in total. The van der Waals surface area contributed by atoms with Crippen LogP contribution >= 0.6 is 27.5 Å². The molecule has 4 heteroatoms. The van der Waals surface area contributed by atoms with Crippen LogP contribution in [0.4, 0.5) is 4.39 Å². The summed E-state index contributed by atoms with van der Waals surface area (Å²) in [6, 6.07) is 4.98. The Bertz CT molecular complexity index is 477. The second-order valence-electron chi connectivity index (χ2n) is 5.79. The van der Waals surface area contributed by atoms with Crippen molar-refractivity contribution in [1.29, 1.82) is 0 Å². The van der Waals surface area contributed by atoms with E-state index >= 15 is 0 Å². The Kier molecular flexibility index (Phi) is 3.89. The van der Waals surface area contributed by atoms with Crippen LogP contribution in [0.15, 0.2) is 18.2 Å². The van der Waals surface area contributed by atoms with Crippen LogP contribution in [0.2, 0.25) is 5.02 Å². The second kappa shape index (κ2) is 5.34. The van der Waals surface area contributed by atoms with E-state index in [-0.39, 0.29) is 17.3 Å². The standard InChI is InChI=1S/C15H17BrClFO/c16-9-15(5-6-19-14(15)10-1-2-10)8-11-3-4-12(17)7-13(11)18/h3-4,7,10,14H,1-2,5-6,8-9H2. The molecule has 104 valence electrons. The first-order chi connectivity index (χ1) is 9.14. The smallest absolute Gasteiger partial charge is 0.127 e. The van der Waals surface area contributed by atoms with E-state index in [0.717, 1.165) is 30.3 Å². The summed E-state index contributed by atoms with van der Waals surface area (Å²) in [5.41, 5.74) is 0.788. The van der Waals surface area contributed by atoms with Gasteiger partial charge in [-0.1, -0.05) is 33.6 Å². The molecule has 0 radical (unpaired) electrons. The third-order valence-corrected chi connectivity index (χ3v) is 5.73. The lowest BCUT2D eigenvalue weighted by Gasteiger charge is -2.33. The summed E-state index contributed by atoms with van der Waals surface area (Å²) in [5, 5.41) is 1.32. The Labute approximate surface area is 126 Å². The summed E-state index contributed by atoms with van der Waals surface area (Å²) in [7, 11) is 0. The van der Waals surface area contributed by atoms with E-state index in [9.17, 15) is 4.39 Å². The molecule has 0 spiro atoms. The lowest BCUT2D eigenvalue weighted by molar-refractivity contribution is 0.0410. The number of alkyl halides is 1. The fraction of sp³-hybridized carbons (Fsp3) is 0.600. The number of hydrogen-bond donors (Lipinski definition) is 0. The van der Waals surface area contributed by atoms with Crippen LogP contribution in [0, 0.1) is 17.2 Å². The average molecular weight is 348 g/mol. The van der Waals surface area contributed by atoms with E-state index in [1.807, 2.05) is 6.07 Å². The Balaban J connectivity index is 1.85. The lowest BCUT2D eigenvalue weighted by atomic mass is 9.76. The molecule has 0 aromatic heterocycles. The van der Waals surface area contributed by atoms with Gasteiger partial charge in [0, 0.05) is 22.4 Å². The number of ether oxygens (including phenoxy) is 1. The van der Waals surface area contributed by atoms with Gasteiger partial charge in [-0.3, -0.25) is 0 Å². The Morgan fingerprint density at radius 3 is 2.84 bits per heavy atom.